The van der Waals surface area contributed by atoms with E-state index in [1.807, 2.05) is 0 Å². The average Bonchev–Trinajstić information content (AvgIpc) is 3.10. The van der Waals surface area contributed by atoms with Crippen LogP contribution in [-0.2, 0) is 11.2 Å². The number of halogens is 3. The summed E-state index contributed by atoms with van der Waals surface area (Å²) >= 11 is 1.18. The number of nitrogens with zero attached hydrogens (tertiary/aromatic N) is 3. The van der Waals surface area contributed by atoms with Crippen molar-refractivity contribution in [2.45, 2.75) is 25.1 Å². The number of alkyl halides is 3. The molecule has 6 nitrogen and oxygen atoms in total. The Hall–Kier alpha value is -2.62. The summed E-state index contributed by atoms with van der Waals surface area (Å²) in [5, 5.41) is 4.72. The molecule has 1 aliphatic rings. The number of nitrogens with one attached hydrogen (secondary N) is 1. The molecular formula is C18H19F3N4O2S. The van der Waals surface area contributed by atoms with Gasteiger partial charge in [0.1, 0.15) is 0 Å². The first-order valence-electron chi connectivity index (χ1n) is 8.64. The van der Waals surface area contributed by atoms with E-state index < -0.39 is 18.1 Å². The van der Waals surface area contributed by atoms with Crippen molar-refractivity contribution >= 4 is 28.4 Å². The first kappa shape index (κ1) is 20.1. The Morgan fingerprint density at radius 2 is 2.07 bits per heavy atom. The predicted molar refractivity (Wildman–Crippen MR) is 99.2 cm³/mol. The van der Waals surface area contributed by atoms with Crippen molar-refractivity contribution in [2.75, 3.05) is 25.0 Å². The minimum atomic E-state index is -4.61. The molecule has 10 heteroatoms. The zero-order chi connectivity index (χ0) is 20.3. The Labute approximate surface area is 164 Å². The molecule has 1 unspecified atom stereocenters. The van der Waals surface area contributed by atoms with Gasteiger partial charge in [0.15, 0.2) is 11.2 Å². The molecule has 1 atom stereocenters. The number of urea groups is 1. The molecule has 1 fully saturated rings. The van der Waals surface area contributed by atoms with Crippen LogP contribution in [0.1, 0.15) is 23.7 Å². The van der Waals surface area contributed by atoms with E-state index in [9.17, 15) is 22.8 Å². The molecule has 1 N–H and O–H groups in total. The molecule has 150 valence electrons. The summed E-state index contributed by atoms with van der Waals surface area (Å²) in [6.07, 6.45) is -4.11. The van der Waals surface area contributed by atoms with E-state index in [0.29, 0.717) is 28.8 Å². The molecule has 0 radical (unpaired) electrons. The molecule has 1 aromatic carbocycles. The SMILES string of the molecule is CN(C(=O)Cc1csc(N2CCCNC2=O)n1)C(c1ccccc1)C(F)(F)F. The van der Waals surface area contributed by atoms with Gasteiger partial charge in [-0.2, -0.15) is 13.2 Å². The quantitative estimate of drug-likeness (QED) is 0.819. The van der Waals surface area contributed by atoms with Gasteiger partial charge in [-0.1, -0.05) is 30.3 Å². The summed E-state index contributed by atoms with van der Waals surface area (Å²) in [6, 6.07) is 5.01. The molecule has 0 spiro atoms. The highest BCUT2D eigenvalue weighted by atomic mass is 32.1. The lowest BCUT2D eigenvalue weighted by molar-refractivity contribution is -0.188. The van der Waals surface area contributed by atoms with Crippen LogP contribution in [0.4, 0.5) is 23.1 Å². The lowest BCUT2D eigenvalue weighted by Crippen LogP contribution is -2.46. The molecule has 0 bridgehead atoms. The number of amides is 3. The van der Waals surface area contributed by atoms with E-state index in [-0.39, 0.29) is 18.0 Å². The summed E-state index contributed by atoms with van der Waals surface area (Å²) in [4.78, 5) is 30.8. The number of hydrogen-bond acceptors (Lipinski definition) is 4. The fraction of sp³-hybridized carbons (Fsp3) is 0.389. The maximum Gasteiger partial charge on any atom is 0.413 e. The second-order valence-electron chi connectivity index (χ2n) is 6.39. The van der Waals surface area contributed by atoms with Crippen LogP contribution >= 0.6 is 11.3 Å². The van der Waals surface area contributed by atoms with Crippen molar-refractivity contribution < 1.29 is 22.8 Å². The monoisotopic (exact) mass is 412 g/mol. The lowest BCUT2D eigenvalue weighted by Gasteiger charge is -2.30. The van der Waals surface area contributed by atoms with Gasteiger partial charge in [-0.3, -0.25) is 9.69 Å². The third-order valence-electron chi connectivity index (χ3n) is 4.39. The van der Waals surface area contributed by atoms with Crippen molar-refractivity contribution in [1.29, 1.82) is 0 Å². The van der Waals surface area contributed by atoms with Crippen LogP contribution in [0.25, 0.3) is 0 Å². The second kappa shape index (κ2) is 8.17. The highest BCUT2D eigenvalue weighted by molar-refractivity contribution is 7.14. The zero-order valence-electron chi connectivity index (χ0n) is 15.1. The van der Waals surface area contributed by atoms with Crippen LogP contribution in [0.2, 0.25) is 0 Å². The number of carbonyl (C=O) groups is 2. The zero-order valence-corrected chi connectivity index (χ0v) is 15.9. The first-order valence-corrected chi connectivity index (χ1v) is 9.52. The fourth-order valence-electron chi connectivity index (χ4n) is 3.00. The molecule has 3 rings (SSSR count). The predicted octanol–water partition coefficient (Wildman–Crippen LogP) is 3.37. The van der Waals surface area contributed by atoms with Crippen LogP contribution in [0.3, 0.4) is 0 Å². The number of aromatic nitrogens is 1. The Kier molecular flexibility index (Phi) is 5.87. The third-order valence-corrected chi connectivity index (χ3v) is 5.30. The average molecular weight is 412 g/mol. The number of benzene rings is 1. The van der Waals surface area contributed by atoms with Crippen LogP contribution < -0.4 is 10.2 Å². The smallest absolute Gasteiger partial charge is 0.338 e. The van der Waals surface area contributed by atoms with Gasteiger partial charge in [-0.15, -0.1) is 11.3 Å². The maximum absolute atomic E-state index is 13.6. The summed E-state index contributed by atoms with van der Waals surface area (Å²) < 4.78 is 40.8. The fourth-order valence-corrected chi connectivity index (χ4v) is 3.85. The van der Waals surface area contributed by atoms with Gasteiger partial charge >= 0.3 is 12.2 Å². The number of hydrogen-bond donors (Lipinski definition) is 1. The normalized spacial score (nSPS) is 15.9. The van der Waals surface area contributed by atoms with Crippen LogP contribution in [0, 0.1) is 0 Å². The highest BCUT2D eigenvalue weighted by Crippen LogP contribution is 2.37. The number of thiazole rings is 1. The van der Waals surface area contributed by atoms with E-state index in [1.165, 1.54) is 40.5 Å². The third kappa shape index (κ3) is 4.44. The molecule has 3 amide bonds. The van der Waals surface area contributed by atoms with Gasteiger partial charge in [0.2, 0.25) is 5.91 Å². The number of likely N-dealkylation sites (N-methyl/N-ethyl adjacent to an activating group) is 1. The van der Waals surface area contributed by atoms with E-state index in [4.69, 9.17) is 0 Å². The molecule has 0 aliphatic carbocycles. The van der Waals surface area contributed by atoms with Gasteiger partial charge in [-0.25, -0.2) is 9.78 Å². The van der Waals surface area contributed by atoms with Gasteiger partial charge in [0, 0.05) is 25.5 Å². The molecular weight excluding hydrogens is 393 g/mol. The van der Waals surface area contributed by atoms with E-state index >= 15 is 0 Å². The molecule has 2 heterocycles. The van der Waals surface area contributed by atoms with E-state index in [2.05, 4.69) is 10.3 Å². The molecule has 28 heavy (non-hydrogen) atoms. The molecule has 0 saturated carbocycles. The van der Waals surface area contributed by atoms with Crippen molar-refractivity contribution in [3.05, 3.63) is 47.0 Å². The Bertz CT molecular complexity index is 841. The van der Waals surface area contributed by atoms with Gasteiger partial charge < -0.3 is 10.2 Å². The summed E-state index contributed by atoms with van der Waals surface area (Å²) in [7, 11) is 1.14. The van der Waals surface area contributed by atoms with Gasteiger partial charge in [-0.05, 0) is 12.0 Å². The minimum Gasteiger partial charge on any atom is -0.338 e. The first-order chi connectivity index (χ1) is 13.3. The molecule has 2 aromatic rings. The molecule has 1 aromatic heterocycles. The lowest BCUT2D eigenvalue weighted by atomic mass is 10.0. The maximum atomic E-state index is 13.6. The van der Waals surface area contributed by atoms with E-state index in [1.54, 1.807) is 11.4 Å². The Morgan fingerprint density at radius 3 is 2.71 bits per heavy atom. The van der Waals surface area contributed by atoms with Crippen LogP contribution in [0.15, 0.2) is 35.7 Å². The molecule has 1 saturated heterocycles. The van der Waals surface area contributed by atoms with Crippen molar-refractivity contribution in [3.63, 3.8) is 0 Å². The Morgan fingerprint density at radius 1 is 1.36 bits per heavy atom. The summed E-state index contributed by atoms with van der Waals surface area (Å²) in [6.45, 7) is 1.10. The highest BCUT2D eigenvalue weighted by Gasteiger charge is 2.45. The van der Waals surface area contributed by atoms with Gasteiger partial charge in [0.05, 0.1) is 12.1 Å². The van der Waals surface area contributed by atoms with Gasteiger partial charge in [0.25, 0.3) is 0 Å². The largest absolute Gasteiger partial charge is 0.413 e. The standard InChI is InChI=1S/C18H19F3N4O2S/c1-24(15(18(19,20)21)12-6-3-2-4-7-12)14(26)10-13-11-28-17(23-13)25-9-5-8-22-16(25)27/h2-4,6-7,11,15H,5,8-10H2,1H3,(H,22,27). The van der Waals surface area contributed by atoms with E-state index in [0.717, 1.165) is 13.5 Å². The Balaban J connectivity index is 1.74. The summed E-state index contributed by atoms with van der Waals surface area (Å²) in [5.74, 6) is -0.703. The van der Waals surface area contributed by atoms with Crippen LogP contribution in [0.5, 0.6) is 0 Å². The van der Waals surface area contributed by atoms with Crippen molar-refractivity contribution in [2.24, 2.45) is 0 Å². The minimum absolute atomic E-state index is 0.00481. The number of carbonyl (C=O) groups excluding carboxylic acids is 2. The number of anilines is 1. The van der Waals surface area contributed by atoms with Crippen molar-refractivity contribution in [1.82, 2.24) is 15.2 Å². The summed E-state index contributed by atoms with van der Waals surface area (Å²) in [5.41, 5.74) is 0.332. The second-order valence-corrected chi connectivity index (χ2v) is 7.23. The molecule has 1 aliphatic heterocycles. The topological polar surface area (TPSA) is 65.5 Å². The van der Waals surface area contributed by atoms with Crippen LogP contribution in [-0.4, -0.2) is 48.1 Å². The van der Waals surface area contributed by atoms with Crippen molar-refractivity contribution in [3.8, 4) is 0 Å². The number of rotatable bonds is 5.